The van der Waals surface area contributed by atoms with E-state index in [2.05, 4.69) is 155 Å². The second-order valence-electron chi connectivity index (χ2n) is 11.3. The second-order valence-corrected chi connectivity index (χ2v) is 11.3. The molecule has 0 atom stereocenters. The fraction of sp³-hybridized carbons (Fsp3) is 0. The molecule has 0 amide bonds. The molecule has 0 bridgehead atoms. The summed E-state index contributed by atoms with van der Waals surface area (Å²) in [5, 5.41) is 4.70. The number of para-hydroxylation sites is 2. The average Bonchev–Trinajstić information content (AvgIpc) is 3.69. The first kappa shape index (κ1) is 25.4. The van der Waals surface area contributed by atoms with Gasteiger partial charge in [-0.15, -0.1) is 0 Å². The van der Waals surface area contributed by atoms with E-state index in [4.69, 9.17) is 9.40 Å². The highest BCUT2D eigenvalue weighted by Crippen LogP contribution is 2.40. The standard InChI is InChI=1S/C41H27N3O/c1-2-11-28(12-3-1)30-14-10-15-33(27-30)43(41-42-40-34-16-5-4-13-29(34)21-26-39(40)45-41)31-22-24-32(25-23-31)44-37-19-8-6-17-35(37)36-18-7-9-20-38(36)44/h1-27H. The maximum atomic E-state index is 6.52. The van der Waals surface area contributed by atoms with Crippen molar-refractivity contribution in [1.82, 2.24) is 9.55 Å². The molecule has 0 saturated carbocycles. The van der Waals surface area contributed by atoms with Gasteiger partial charge in [-0.3, -0.25) is 4.90 Å². The molecule has 0 spiro atoms. The number of hydrogen-bond acceptors (Lipinski definition) is 3. The second kappa shape index (κ2) is 10.2. The van der Waals surface area contributed by atoms with Crippen LogP contribution in [-0.2, 0) is 0 Å². The van der Waals surface area contributed by atoms with Gasteiger partial charge in [-0.25, -0.2) is 0 Å². The number of anilines is 3. The lowest BCUT2D eigenvalue weighted by Crippen LogP contribution is -2.10. The molecular weight excluding hydrogens is 550 g/mol. The molecule has 4 heteroatoms. The van der Waals surface area contributed by atoms with Crippen LogP contribution in [0, 0.1) is 0 Å². The Balaban J connectivity index is 1.22. The Morgan fingerprint density at radius 2 is 1.13 bits per heavy atom. The molecule has 0 N–H and O–H groups in total. The molecule has 0 aliphatic carbocycles. The third-order valence-electron chi connectivity index (χ3n) is 8.62. The summed E-state index contributed by atoms with van der Waals surface area (Å²) in [6.07, 6.45) is 0. The Bertz CT molecular complexity index is 2440. The van der Waals surface area contributed by atoms with Gasteiger partial charge in [0.15, 0.2) is 5.58 Å². The summed E-state index contributed by atoms with van der Waals surface area (Å²) >= 11 is 0. The van der Waals surface area contributed by atoms with Crippen LogP contribution in [0.3, 0.4) is 0 Å². The topological polar surface area (TPSA) is 34.2 Å². The van der Waals surface area contributed by atoms with Crippen molar-refractivity contribution in [2.45, 2.75) is 0 Å². The van der Waals surface area contributed by atoms with Crippen molar-refractivity contribution in [1.29, 1.82) is 0 Å². The molecule has 2 heterocycles. The highest BCUT2D eigenvalue weighted by Gasteiger charge is 2.21. The van der Waals surface area contributed by atoms with Crippen LogP contribution in [0.25, 0.3) is 60.5 Å². The van der Waals surface area contributed by atoms with Crippen molar-refractivity contribution < 1.29 is 4.42 Å². The van der Waals surface area contributed by atoms with E-state index in [1.54, 1.807) is 0 Å². The molecule has 212 valence electrons. The number of nitrogens with zero attached hydrogens (tertiary/aromatic N) is 3. The van der Waals surface area contributed by atoms with Crippen LogP contribution in [0.1, 0.15) is 0 Å². The molecule has 2 aromatic heterocycles. The fourth-order valence-electron chi connectivity index (χ4n) is 6.52. The van der Waals surface area contributed by atoms with Crippen LogP contribution in [0.15, 0.2) is 168 Å². The summed E-state index contributed by atoms with van der Waals surface area (Å²) in [4.78, 5) is 7.21. The highest BCUT2D eigenvalue weighted by atomic mass is 16.4. The van der Waals surface area contributed by atoms with Gasteiger partial charge in [0, 0.05) is 21.8 Å². The van der Waals surface area contributed by atoms with Gasteiger partial charge >= 0.3 is 6.01 Å². The van der Waals surface area contributed by atoms with E-state index in [-0.39, 0.29) is 0 Å². The summed E-state index contributed by atoms with van der Waals surface area (Å²) < 4.78 is 8.85. The lowest BCUT2D eigenvalue weighted by atomic mass is 10.0. The number of oxazole rings is 1. The molecule has 9 aromatic rings. The lowest BCUT2D eigenvalue weighted by molar-refractivity contribution is 0.608. The number of aromatic nitrogens is 2. The Morgan fingerprint density at radius 1 is 0.489 bits per heavy atom. The molecule has 0 unspecified atom stereocenters. The maximum absolute atomic E-state index is 6.52. The van der Waals surface area contributed by atoms with E-state index >= 15 is 0 Å². The Labute approximate surface area is 260 Å². The van der Waals surface area contributed by atoms with Gasteiger partial charge < -0.3 is 8.98 Å². The third kappa shape index (κ3) is 4.19. The summed E-state index contributed by atoms with van der Waals surface area (Å²) in [6.45, 7) is 0. The zero-order valence-corrected chi connectivity index (χ0v) is 24.3. The van der Waals surface area contributed by atoms with Crippen molar-refractivity contribution in [3.8, 4) is 16.8 Å². The van der Waals surface area contributed by atoms with Gasteiger partial charge in [-0.1, -0.05) is 109 Å². The van der Waals surface area contributed by atoms with Crippen molar-refractivity contribution in [2.75, 3.05) is 4.90 Å². The van der Waals surface area contributed by atoms with Gasteiger partial charge in [-0.2, -0.15) is 4.98 Å². The quantitative estimate of drug-likeness (QED) is 0.204. The van der Waals surface area contributed by atoms with Gasteiger partial charge in [0.1, 0.15) is 5.52 Å². The van der Waals surface area contributed by atoms with Gasteiger partial charge in [0.2, 0.25) is 0 Å². The number of hydrogen-bond donors (Lipinski definition) is 0. The van der Waals surface area contributed by atoms with Crippen molar-refractivity contribution in [3.05, 3.63) is 164 Å². The molecular formula is C41H27N3O. The zero-order valence-electron chi connectivity index (χ0n) is 24.3. The van der Waals surface area contributed by atoms with E-state index in [1.807, 2.05) is 18.2 Å². The molecule has 4 nitrogen and oxygen atoms in total. The van der Waals surface area contributed by atoms with Gasteiger partial charge in [0.25, 0.3) is 0 Å². The molecule has 0 fully saturated rings. The van der Waals surface area contributed by atoms with E-state index in [1.165, 1.54) is 21.8 Å². The first-order chi connectivity index (χ1) is 22.3. The zero-order chi connectivity index (χ0) is 29.7. The Hall–Kier alpha value is -6.13. The minimum absolute atomic E-state index is 0.524. The lowest BCUT2D eigenvalue weighted by Gasteiger charge is -2.22. The van der Waals surface area contributed by atoms with E-state index < -0.39 is 0 Å². The highest BCUT2D eigenvalue weighted by molar-refractivity contribution is 6.09. The molecule has 7 aromatic carbocycles. The number of fused-ring (bicyclic) bond motifs is 6. The number of benzene rings is 7. The van der Waals surface area contributed by atoms with Crippen molar-refractivity contribution in [3.63, 3.8) is 0 Å². The largest absolute Gasteiger partial charge is 0.423 e. The molecule has 0 aliphatic heterocycles. The molecule has 0 saturated heterocycles. The molecule has 0 radical (unpaired) electrons. The number of rotatable bonds is 5. The van der Waals surface area contributed by atoms with Crippen LogP contribution in [0.4, 0.5) is 17.4 Å². The SMILES string of the molecule is c1ccc(-c2cccc(N(c3ccc(-n4c5ccccc5c5ccccc54)cc3)c3nc4c(ccc5ccccc54)o3)c2)cc1. The van der Waals surface area contributed by atoms with Crippen LogP contribution >= 0.6 is 0 Å². The first-order valence-electron chi connectivity index (χ1n) is 15.1. The Kier molecular flexibility index (Phi) is 5.78. The van der Waals surface area contributed by atoms with Crippen LogP contribution in [0.2, 0.25) is 0 Å². The fourth-order valence-corrected chi connectivity index (χ4v) is 6.52. The summed E-state index contributed by atoms with van der Waals surface area (Å²) in [6, 6.07) is 57.8. The third-order valence-corrected chi connectivity index (χ3v) is 8.62. The summed E-state index contributed by atoms with van der Waals surface area (Å²) in [7, 11) is 0. The predicted octanol–water partition coefficient (Wildman–Crippen LogP) is 11.2. The minimum Gasteiger partial charge on any atom is -0.423 e. The summed E-state index contributed by atoms with van der Waals surface area (Å²) in [5.74, 6) is 0. The van der Waals surface area contributed by atoms with Crippen LogP contribution in [-0.4, -0.2) is 9.55 Å². The average molecular weight is 578 g/mol. The predicted molar refractivity (Wildman–Crippen MR) is 186 cm³/mol. The summed E-state index contributed by atoms with van der Waals surface area (Å²) in [5.41, 5.74) is 9.29. The van der Waals surface area contributed by atoms with Gasteiger partial charge in [-0.05, 0) is 71.1 Å². The van der Waals surface area contributed by atoms with Crippen molar-refractivity contribution in [2.24, 2.45) is 0 Å². The monoisotopic (exact) mass is 577 g/mol. The molecule has 9 rings (SSSR count). The smallest absolute Gasteiger partial charge is 0.307 e. The molecule has 0 aliphatic rings. The van der Waals surface area contributed by atoms with E-state index in [0.717, 1.165) is 50.1 Å². The van der Waals surface area contributed by atoms with Crippen LogP contribution in [0.5, 0.6) is 0 Å². The van der Waals surface area contributed by atoms with Gasteiger partial charge in [0.05, 0.1) is 22.4 Å². The molecule has 45 heavy (non-hydrogen) atoms. The van der Waals surface area contributed by atoms with E-state index in [0.29, 0.717) is 6.01 Å². The van der Waals surface area contributed by atoms with E-state index in [9.17, 15) is 0 Å². The van der Waals surface area contributed by atoms with Crippen LogP contribution < -0.4 is 4.90 Å². The first-order valence-corrected chi connectivity index (χ1v) is 15.1. The maximum Gasteiger partial charge on any atom is 0.307 e. The normalized spacial score (nSPS) is 11.6. The van der Waals surface area contributed by atoms with Crippen molar-refractivity contribution >= 4 is 61.1 Å². The Morgan fingerprint density at radius 3 is 1.89 bits per heavy atom. The minimum atomic E-state index is 0.524.